The Morgan fingerprint density at radius 3 is 2.48 bits per heavy atom. The monoisotopic (exact) mass is 381 g/mol. The van der Waals surface area contributed by atoms with Crippen LogP contribution in [0.15, 0.2) is 40.6 Å². The largest absolute Gasteiger partial charge is 0.478 e. The van der Waals surface area contributed by atoms with Crippen LogP contribution in [0.2, 0.25) is 0 Å². The van der Waals surface area contributed by atoms with Gasteiger partial charge in [0.1, 0.15) is 10.0 Å². The van der Waals surface area contributed by atoms with Gasteiger partial charge >= 0.3 is 5.97 Å². The zero-order valence-corrected chi connectivity index (χ0v) is 14.8. The van der Waals surface area contributed by atoms with Gasteiger partial charge in [-0.25, -0.2) is 17.6 Å². The van der Waals surface area contributed by atoms with Gasteiger partial charge in [-0.1, -0.05) is 18.2 Å². The van der Waals surface area contributed by atoms with Crippen LogP contribution in [0.1, 0.15) is 23.3 Å². The molecule has 1 N–H and O–H groups in total. The lowest BCUT2D eigenvalue weighted by Gasteiger charge is -2.13. The Hall–Kier alpha value is -2.03. The van der Waals surface area contributed by atoms with Crippen molar-refractivity contribution in [1.82, 2.24) is 4.31 Å². The first-order chi connectivity index (χ1) is 11.9. The highest BCUT2D eigenvalue weighted by Crippen LogP contribution is 2.32. The SMILES string of the molecule is O=C(O)/C(=C\c1ccccc1F)c1ccc(S(=O)(=O)N2CCCC2)s1. The number of hydrogen-bond acceptors (Lipinski definition) is 4. The van der Waals surface area contributed by atoms with E-state index < -0.39 is 21.8 Å². The van der Waals surface area contributed by atoms with Crippen molar-refractivity contribution in [3.05, 3.63) is 52.7 Å². The van der Waals surface area contributed by atoms with E-state index in [0.29, 0.717) is 13.1 Å². The maximum Gasteiger partial charge on any atom is 0.337 e. The van der Waals surface area contributed by atoms with Crippen LogP contribution in [-0.2, 0) is 14.8 Å². The molecule has 1 aliphatic rings. The predicted molar refractivity (Wildman–Crippen MR) is 94.2 cm³/mol. The molecule has 1 fully saturated rings. The number of benzene rings is 1. The average molecular weight is 381 g/mol. The van der Waals surface area contributed by atoms with Gasteiger partial charge in [-0.15, -0.1) is 11.3 Å². The molecule has 132 valence electrons. The molecule has 0 amide bonds. The van der Waals surface area contributed by atoms with Gasteiger partial charge in [0.25, 0.3) is 10.0 Å². The van der Waals surface area contributed by atoms with E-state index in [4.69, 9.17) is 0 Å². The van der Waals surface area contributed by atoms with Crippen molar-refractivity contribution in [2.24, 2.45) is 0 Å². The molecule has 1 aromatic heterocycles. The third-order valence-corrected chi connectivity index (χ3v) is 7.43. The summed E-state index contributed by atoms with van der Waals surface area (Å²) in [7, 11) is -3.60. The van der Waals surface area contributed by atoms with Gasteiger partial charge in [0.15, 0.2) is 0 Å². The fourth-order valence-electron chi connectivity index (χ4n) is 2.65. The van der Waals surface area contributed by atoms with E-state index in [1.807, 2.05) is 0 Å². The Kier molecular flexibility index (Phi) is 5.03. The minimum atomic E-state index is -3.60. The third kappa shape index (κ3) is 3.65. The van der Waals surface area contributed by atoms with Gasteiger partial charge in [0.05, 0.1) is 5.57 Å². The average Bonchev–Trinajstić information content (AvgIpc) is 3.26. The maximum absolute atomic E-state index is 13.8. The molecule has 0 atom stereocenters. The van der Waals surface area contributed by atoms with E-state index in [1.165, 1.54) is 40.7 Å². The molecule has 3 rings (SSSR count). The Morgan fingerprint density at radius 2 is 1.84 bits per heavy atom. The van der Waals surface area contributed by atoms with Crippen molar-refractivity contribution in [2.75, 3.05) is 13.1 Å². The van der Waals surface area contributed by atoms with Gasteiger partial charge in [-0.3, -0.25) is 0 Å². The van der Waals surface area contributed by atoms with Gasteiger partial charge < -0.3 is 5.11 Å². The molecule has 1 saturated heterocycles. The fourth-order valence-corrected chi connectivity index (χ4v) is 5.63. The normalized spacial score (nSPS) is 16.3. The third-order valence-electron chi connectivity index (χ3n) is 3.94. The van der Waals surface area contributed by atoms with E-state index in [-0.39, 0.29) is 20.2 Å². The Bertz CT molecular complexity index is 928. The molecule has 0 saturated carbocycles. The summed E-state index contributed by atoms with van der Waals surface area (Å²) >= 11 is 0.887. The summed E-state index contributed by atoms with van der Waals surface area (Å²) in [6.07, 6.45) is 2.87. The van der Waals surface area contributed by atoms with Crippen molar-refractivity contribution in [1.29, 1.82) is 0 Å². The summed E-state index contributed by atoms with van der Waals surface area (Å²) < 4.78 is 40.4. The lowest BCUT2D eigenvalue weighted by atomic mass is 10.1. The van der Waals surface area contributed by atoms with Crippen LogP contribution in [0.3, 0.4) is 0 Å². The number of carboxylic acid groups (broad SMARTS) is 1. The highest BCUT2D eigenvalue weighted by molar-refractivity contribution is 7.91. The number of thiophene rings is 1. The highest BCUT2D eigenvalue weighted by Gasteiger charge is 2.29. The first-order valence-corrected chi connectivity index (χ1v) is 9.95. The Balaban J connectivity index is 1.98. The molecule has 0 spiro atoms. The quantitative estimate of drug-likeness (QED) is 0.807. The summed E-state index contributed by atoms with van der Waals surface area (Å²) in [5.41, 5.74) is -0.00442. The smallest absolute Gasteiger partial charge is 0.337 e. The molecule has 1 aliphatic heterocycles. The number of aliphatic carboxylic acids is 1. The van der Waals surface area contributed by atoms with E-state index in [1.54, 1.807) is 6.07 Å². The number of rotatable bonds is 5. The summed E-state index contributed by atoms with van der Waals surface area (Å²) in [6, 6.07) is 8.68. The summed E-state index contributed by atoms with van der Waals surface area (Å²) in [6.45, 7) is 0.957. The van der Waals surface area contributed by atoms with Crippen LogP contribution in [0.25, 0.3) is 11.6 Å². The second-order valence-corrected chi connectivity index (χ2v) is 8.86. The second kappa shape index (κ2) is 7.07. The number of halogens is 1. The van der Waals surface area contributed by atoms with Gasteiger partial charge in [0, 0.05) is 23.5 Å². The topological polar surface area (TPSA) is 74.7 Å². The van der Waals surface area contributed by atoms with Gasteiger partial charge in [-0.2, -0.15) is 4.31 Å². The first kappa shape index (κ1) is 17.8. The highest BCUT2D eigenvalue weighted by atomic mass is 32.2. The minimum Gasteiger partial charge on any atom is -0.478 e. The van der Waals surface area contributed by atoms with Crippen molar-refractivity contribution in [3.8, 4) is 0 Å². The van der Waals surface area contributed by atoms with E-state index in [2.05, 4.69) is 0 Å². The van der Waals surface area contributed by atoms with Crippen molar-refractivity contribution in [2.45, 2.75) is 17.1 Å². The molecule has 2 heterocycles. The van der Waals surface area contributed by atoms with Gasteiger partial charge in [-0.05, 0) is 37.1 Å². The minimum absolute atomic E-state index is 0.102. The lowest BCUT2D eigenvalue weighted by molar-refractivity contribution is -0.130. The molecule has 2 aromatic rings. The number of carboxylic acids is 1. The zero-order chi connectivity index (χ0) is 18.0. The molecule has 0 radical (unpaired) electrons. The zero-order valence-electron chi connectivity index (χ0n) is 13.2. The van der Waals surface area contributed by atoms with Crippen LogP contribution >= 0.6 is 11.3 Å². The summed E-state index contributed by atoms with van der Waals surface area (Å²) in [5.74, 6) is -1.78. The van der Waals surface area contributed by atoms with E-state index in [0.717, 1.165) is 24.2 Å². The van der Waals surface area contributed by atoms with E-state index in [9.17, 15) is 22.7 Å². The standard InChI is InChI=1S/C17H16FNO4S2/c18-14-6-2-1-5-12(14)11-13(17(20)21)15-7-8-16(24-15)25(22,23)19-9-3-4-10-19/h1-2,5-8,11H,3-4,9-10H2,(H,20,21)/b13-11-. The van der Waals surface area contributed by atoms with Crippen LogP contribution in [0.5, 0.6) is 0 Å². The molecule has 0 unspecified atom stereocenters. The van der Waals surface area contributed by atoms with Crippen LogP contribution in [-0.4, -0.2) is 36.9 Å². The second-order valence-electron chi connectivity index (χ2n) is 5.61. The molecular weight excluding hydrogens is 365 g/mol. The molecule has 1 aromatic carbocycles. The summed E-state index contributed by atoms with van der Waals surface area (Å²) in [4.78, 5) is 11.9. The van der Waals surface area contributed by atoms with Crippen molar-refractivity contribution >= 4 is 39.0 Å². The Labute approximate surface area is 149 Å². The lowest BCUT2D eigenvalue weighted by Crippen LogP contribution is -2.27. The van der Waals surface area contributed by atoms with Crippen LogP contribution in [0.4, 0.5) is 4.39 Å². The van der Waals surface area contributed by atoms with Crippen LogP contribution < -0.4 is 0 Å². The Morgan fingerprint density at radius 1 is 1.16 bits per heavy atom. The molecule has 25 heavy (non-hydrogen) atoms. The van der Waals surface area contributed by atoms with Crippen molar-refractivity contribution < 1.29 is 22.7 Å². The predicted octanol–water partition coefficient (Wildman–Crippen LogP) is 3.30. The molecule has 0 aliphatic carbocycles. The van der Waals surface area contributed by atoms with Crippen LogP contribution in [0, 0.1) is 5.82 Å². The number of hydrogen-bond donors (Lipinski definition) is 1. The molecule has 0 bridgehead atoms. The fraction of sp³-hybridized carbons (Fsp3) is 0.235. The maximum atomic E-state index is 13.8. The number of carbonyl (C=O) groups is 1. The summed E-state index contributed by atoms with van der Waals surface area (Å²) in [5, 5.41) is 9.46. The molecular formula is C17H16FNO4S2. The molecule has 8 heteroatoms. The first-order valence-electron chi connectivity index (χ1n) is 7.69. The number of nitrogens with zero attached hydrogens (tertiary/aromatic N) is 1. The van der Waals surface area contributed by atoms with E-state index >= 15 is 0 Å². The van der Waals surface area contributed by atoms with Crippen molar-refractivity contribution in [3.63, 3.8) is 0 Å². The molecule has 5 nitrogen and oxygen atoms in total. The number of sulfonamides is 1. The van der Waals surface area contributed by atoms with Gasteiger partial charge in [0.2, 0.25) is 0 Å².